The number of piperidine rings is 1. The monoisotopic (exact) mass is 290 g/mol. The molecule has 1 aromatic carbocycles. The number of hydrogen-bond donors (Lipinski definition) is 2. The largest absolute Gasteiger partial charge is 0.368 e. The lowest BCUT2D eigenvalue weighted by atomic mass is 9.86. The zero-order chi connectivity index (χ0) is 11.5. The molecule has 18 heavy (non-hydrogen) atoms. The average Bonchev–Trinajstić information content (AvgIpc) is 2.30. The Hall–Kier alpha value is -0.770. The van der Waals surface area contributed by atoms with Crippen molar-refractivity contribution in [1.29, 1.82) is 0 Å². The fraction of sp³-hybridized carbons (Fsp3) is 0.462. The second kappa shape index (κ2) is 7.62. The maximum Gasteiger partial charge on any atom is 0.234 e. The second-order valence-corrected chi connectivity index (χ2v) is 4.54. The van der Waals surface area contributed by atoms with E-state index in [4.69, 9.17) is 5.73 Å². The summed E-state index contributed by atoms with van der Waals surface area (Å²) in [6, 6.07) is 8.39. The molecule has 1 saturated heterocycles. The van der Waals surface area contributed by atoms with Gasteiger partial charge >= 0.3 is 0 Å². The summed E-state index contributed by atoms with van der Waals surface area (Å²) in [6.07, 6.45) is 1.89. The predicted molar refractivity (Wildman–Crippen MR) is 78.6 cm³/mol. The van der Waals surface area contributed by atoms with Gasteiger partial charge in [0.2, 0.25) is 5.91 Å². The number of halogens is 2. The summed E-state index contributed by atoms with van der Waals surface area (Å²) >= 11 is 0. The predicted octanol–water partition coefficient (Wildman–Crippen LogP) is 2.16. The first kappa shape index (κ1) is 17.2. The lowest BCUT2D eigenvalue weighted by molar-refractivity contribution is -0.120. The van der Waals surface area contributed by atoms with Gasteiger partial charge in [-0.1, -0.05) is 29.8 Å². The molecule has 0 spiro atoms. The van der Waals surface area contributed by atoms with E-state index in [-0.39, 0.29) is 36.8 Å². The van der Waals surface area contributed by atoms with Crippen LogP contribution in [0.25, 0.3) is 0 Å². The van der Waals surface area contributed by atoms with Crippen molar-refractivity contribution in [2.24, 2.45) is 5.73 Å². The Kier molecular flexibility index (Phi) is 7.29. The molecule has 102 valence electrons. The molecule has 0 radical (unpaired) electrons. The van der Waals surface area contributed by atoms with Crippen LogP contribution in [-0.2, 0) is 4.79 Å². The van der Waals surface area contributed by atoms with Gasteiger partial charge in [0.25, 0.3) is 0 Å². The summed E-state index contributed by atoms with van der Waals surface area (Å²) in [5, 5.41) is 3.16. The quantitative estimate of drug-likeness (QED) is 0.877. The Morgan fingerprint density at radius 1 is 1.28 bits per heavy atom. The van der Waals surface area contributed by atoms with E-state index < -0.39 is 0 Å². The highest BCUT2D eigenvalue weighted by atomic mass is 35.5. The van der Waals surface area contributed by atoms with Gasteiger partial charge in [0.05, 0.1) is 6.04 Å². The molecule has 5 heteroatoms. The third kappa shape index (κ3) is 4.16. The van der Waals surface area contributed by atoms with Crippen LogP contribution < -0.4 is 11.1 Å². The Labute approximate surface area is 120 Å². The van der Waals surface area contributed by atoms with Crippen LogP contribution >= 0.6 is 24.8 Å². The average molecular weight is 291 g/mol. The van der Waals surface area contributed by atoms with Crippen LogP contribution in [0.5, 0.6) is 0 Å². The molecule has 1 heterocycles. The number of rotatable bonds is 2. The van der Waals surface area contributed by atoms with E-state index in [0.29, 0.717) is 5.92 Å². The maximum absolute atomic E-state index is 11.1. The summed E-state index contributed by atoms with van der Waals surface area (Å²) in [4.78, 5) is 11.1. The SMILES string of the molecule is Cc1ccc(C2CCNC(C(N)=O)C2)cc1.Cl.Cl. The standard InChI is InChI=1S/C13H18N2O.2ClH/c1-9-2-4-10(5-3-9)11-6-7-15-12(8-11)13(14)16;;/h2-5,11-12,15H,6-8H2,1H3,(H2,14,16);2*1H. The number of carbonyl (C=O) groups is 1. The minimum Gasteiger partial charge on any atom is -0.368 e. The van der Waals surface area contributed by atoms with Crippen molar-refractivity contribution < 1.29 is 4.79 Å². The molecular weight excluding hydrogens is 271 g/mol. The van der Waals surface area contributed by atoms with Gasteiger partial charge in [0.1, 0.15) is 0 Å². The highest BCUT2D eigenvalue weighted by Gasteiger charge is 2.25. The molecule has 1 fully saturated rings. The number of hydrogen-bond acceptors (Lipinski definition) is 2. The van der Waals surface area contributed by atoms with Crippen molar-refractivity contribution in [3.8, 4) is 0 Å². The van der Waals surface area contributed by atoms with Crippen LogP contribution in [0, 0.1) is 6.92 Å². The van der Waals surface area contributed by atoms with Gasteiger partial charge in [-0.3, -0.25) is 4.79 Å². The number of carbonyl (C=O) groups excluding carboxylic acids is 1. The van der Waals surface area contributed by atoms with Crippen molar-refractivity contribution in [1.82, 2.24) is 5.32 Å². The Morgan fingerprint density at radius 3 is 2.44 bits per heavy atom. The lowest BCUT2D eigenvalue weighted by Crippen LogP contribution is -2.46. The van der Waals surface area contributed by atoms with Gasteiger partial charge in [0, 0.05) is 0 Å². The Balaban J connectivity index is 0.00000144. The molecule has 2 unspecified atom stereocenters. The minimum atomic E-state index is -0.239. The number of benzene rings is 1. The first-order valence-corrected chi connectivity index (χ1v) is 5.76. The molecule has 0 bridgehead atoms. The van der Waals surface area contributed by atoms with Crippen molar-refractivity contribution in [3.05, 3.63) is 35.4 Å². The van der Waals surface area contributed by atoms with Gasteiger partial charge in [-0.15, -0.1) is 24.8 Å². The first-order chi connectivity index (χ1) is 7.66. The van der Waals surface area contributed by atoms with E-state index in [1.54, 1.807) is 0 Å². The molecule has 1 aliphatic heterocycles. The molecule has 0 aliphatic carbocycles. The molecule has 1 amide bonds. The Morgan fingerprint density at radius 2 is 1.89 bits per heavy atom. The summed E-state index contributed by atoms with van der Waals surface area (Å²) in [5.74, 6) is 0.219. The number of nitrogens with one attached hydrogen (secondary N) is 1. The Bertz CT molecular complexity index is 381. The topological polar surface area (TPSA) is 55.1 Å². The normalized spacial score (nSPS) is 22.5. The molecule has 2 atom stereocenters. The molecule has 0 aromatic heterocycles. The summed E-state index contributed by atoms with van der Waals surface area (Å²) in [5.41, 5.74) is 7.92. The zero-order valence-corrected chi connectivity index (χ0v) is 12.0. The minimum absolute atomic E-state index is 0. The smallest absolute Gasteiger partial charge is 0.234 e. The van der Waals surface area contributed by atoms with E-state index >= 15 is 0 Å². The van der Waals surface area contributed by atoms with E-state index in [1.165, 1.54) is 11.1 Å². The van der Waals surface area contributed by atoms with Gasteiger partial charge in [-0.2, -0.15) is 0 Å². The molecular formula is C13H20Cl2N2O. The van der Waals surface area contributed by atoms with Gasteiger partial charge < -0.3 is 11.1 Å². The van der Waals surface area contributed by atoms with Crippen LogP contribution in [0.2, 0.25) is 0 Å². The fourth-order valence-electron chi connectivity index (χ4n) is 2.28. The van der Waals surface area contributed by atoms with Crippen LogP contribution in [0.1, 0.15) is 29.9 Å². The first-order valence-electron chi connectivity index (χ1n) is 5.76. The third-order valence-corrected chi connectivity index (χ3v) is 3.30. The highest BCUT2D eigenvalue weighted by molar-refractivity contribution is 5.85. The fourth-order valence-corrected chi connectivity index (χ4v) is 2.28. The molecule has 1 aliphatic rings. The molecule has 0 saturated carbocycles. The van der Waals surface area contributed by atoms with Crippen LogP contribution in [0.3, 0.4) is 0 Å². The second-order valence-electron chi connectivity index (χ2n) is 4.54. The number of primary amides is 1. The summed E-state index contributed by atoms with van der Waals surface area (Å²) in [7, 11) is 0. The van der Waals surface area contributed by atoms with Crippen LogP contribution in [-0.4, -0.2) is 18.5 Å². The number of aryl methyl sites for hydroxylation is 1. The molecule has 3 N–H and O–H groups in total. The summed E-state index contributed by atoms with van der Waals surface area (Å²) in [6.45, 7) is 2.95. The third-order valence-electron chi connectivity index (χ3n) is 3.30. The number of nitrogens with two attached hydrogens (primary N) is 1. The van der Waals surface area contributed by atoms with Crippen molar-refractivity contribution in [2.45, 2.75) is 31.7 Å². The van der Waals surface area contributed by atoms with E-state index in [1.807, 2.05) is 0 Å². The van der Waals surface area contributed by atoms with Crippen molar-refractivity contribution >= 4 is 30.7 Å². The summed E-state index contributed by atoms with van der Waals surface area (Å²) < 4.78 is 0. The molecule has 1 aromatic rings. The van der Waals surface area contributed by atoms with E-state index in [2.05, 4.69) is 36.5 Å². The lowest BCUT2D eigenvalue weighted by Gasteiger charge is -2.28. The molecule has 2 rings (SSSR count). The highest BCUT2D eigenvalue weighted by Crippen LogP contribution is 2.27. The van der Waals surface area contributed by atoms with E-state index in [0.717, 1.165) is 19.4 Å². The van der Waals surface area contributed by atoms with Gasteiger partial charge in [-0.05, 0) is 37.8 Å². The number of amides is 1. The van der Waals surface area contributed by atoms with Crippen LogP contribution in [0.15, 0.2) is 24.3 Å². The molecule has 3 nitrogen and oxygen atoms in total. The van der Waals surface area contributed by atoms with Gasteiger partial charge in [-0.25, -0.2) is 0 Å². The van der Waals surface area contributed by atoms with E-state index in [9.17, 15) is 4.79 Å². The van der Waals surface area contributed by atoms with Gasteiger partial charge in [0.15, 0.2) is 0 Å². The zero-order valence-electron chi connectivity index (χ0n) is 10.4. The maximum atomic E-state index is 11.1. The van der Waals surface area contributed by atoms with Crippen LogP contribution in [0.4, 0.5) is 0 Å². The van der Waals surface area contributed by atoms with Crippen molar-refractivity contribution in [3.63, 3.8) is 0 Å². The van der Waals surface area contributed by atoms with Crippen molar-refractivity contribution in [2.75, 3.05) is 6.54 Å².